The van der Waals surface area contributed by atoms with Crippen molar-refractivity contribution in [1.82, 2.24) is 9.66 Å². The Balaban J connectivity index is 1.76. The van der Waals surface area contributed by atoms with E-state index in [9.17, 15) is 9.59 Å². The third-order valence-electron chi connectivity index (χ3n) is 3.77. The molecule has 0 aliphatic rings. The van der Waals surface area contributed by atoms with Gasteiger partial charge in [-0.1, -0.05) is 49.4 Å². The van der Waals surface area contributed by atoms with Gasteiger partial charge in [-0.15, -0.1) is 0 Å². The van der Waals surface area contributed by atoms with Crippen LogP contribution in [0, 0.1) is 0 Å². The number of fused-ring (bicyclic) bond motifs is 1. The van der Waals surface area contributed by atoms with Crippen molar-refractivity contribution in [3.05, 3.63) is 76.8 Å². The van der Waals surface area contributed by atoms with Crippen LogP contribution in [-0.4, -0.2) is 15.6 Å². The summed E-state index contributed by atoms with van der Waals surface area (Å²) in [5.74, 6) is -0.152. The van der Waals surface area contributed by atoms with Crippen molar-refractivity contribution in [3.63, 3.8) is 0 Å². The summed E-state index contributed by atoms with van der Waals surface area (Å²) < 4.78 is 1.14. The summed E-state index contributed by atoms with van der Waals surface area (Å²) in [7, 11) is 0. The quantitative estimate of drug-likeness (QED) is 0.806. The maximum absolute atomic E-state index is 12.3. The van der Waals surface area contributed by atoms with Gasteiger partial charge in [0.1, 0.15) is 6.33 Å². The van der Waals surface area contributed by atoms with Gasteiger partial charge in [0.05, 0.1) is 10.9 Å². The number of nitrogens with zero attached hydrogens (tertiary/aromatic N) is 2. The molecule has 2 aromatic carbocycles. The second-order valence-corrected chi connectivity index (χ2v) is 5.49. The van der Waals surface area contributed by atoms with E-state index >= 15 is 0 Å². The Kier molecular flexibility index (Phi) is 4.19. The second-order valence-electron chi connectivity index (χ2n) is 5.49. The van der Waals surface area contributed by atoms with E-state index in [0.717, 1.165) is 10.2 Å². The molecule has 3 rings (SSSR count). The fraction of sp³-hybridized carbons (Fsp3) is 0.167. The zero-order valence-corrected chi connectivity index (χ0v) is 12.8. The molecule has 0 spiro atoms. The summed E-state index contributed by atoms with van der Waals surface area (Å²) in [4.78, 5) is 28.7. The second kappa shape index (κ2) is 6.44. The first-order valence-electron chi connectivity index (χ1n) is 7.46. The standard InChI is InChI=1S/C18H17N3O2/c1-13(14-7-3-2-4-8-14)11-17(22)20-21-12-19-16-10-6-5-9-15(16)18(21)23/h2-10,12-13H,11H2,1H3,(H,20,22). The molecule has 1 heterocycles. The number of rotatable bonds is 4. The first-order chi connectivity index (χ1) is 11.1. The number of hydrogen-bond donors (Lipinski definition) is 1. The number of para-hydroxylation sites is 1. The van der Waals surface area contributed by atoms with E-state index < -0.39 is 0 Å². The molecule has 1 atom stereocenters. The largest absolute Gasteiger partial charge is 0.280 e. The Labute approximate surface area is 133 Å². The van der Waals surface area contributed by atoms with E-state index in [0.29, 0.717) is 17.3 Å². The van der Waals surface area contributed by atoms with Crippen LogP contribution in [0.2, 0.25) is 0 Å². The van der Waals surface area contributed by atoms with Crippen LogP contribution in [0.1, 0.15) is 24.8 Å². The Bertz CT molecular complexity index is 887. The molecule has 1 unspecified atom stereocenters. The molecule has 0 bridgehead atoms. The summed E-state index contributed by atoms with van der Waals surface area (Å²) in [5, 5.41) is 0.478. The van der Waals surface area contributed by atoms with Gasteiger partial charge in [0.25, 0.3) is 5.56 Å². The molecule has 5 nitrogen and oxygen atoms in total. The molecule has 3 aromatic rings. The molecule has 1 aromatic heterocycles. The van der Waals surface area contributed by atoms with E-state index in [1.54, 1.807) is 18.2 Å². The van der Waals surface area contributed by atoms with Crippen molar-refractivity contribution in [3.8, 4) is 0 Å². The minimum absolute atomic E-state index is 0.0697. The molecular weight excluding hydrogens is 290 g/mol. The minimum Gasteiger partial charge on any atom is -0.273 e. The number of hydrogen-bond acceptors (Lipinski definition) is 3. The van der Waals surface area contributed by atoms with Crippen LogP contribution in [0.5, 0.6) is 0 Å². The van der Waals surface area contributed by atoms with Crippen molar-refractivity contribution in [1.29, 1.82) is 0 Å². The number of benzene rings is 2. The predicted molar refractivity (Wildman–Crippen MR) is 89.8 cm³/mol. The lowest BCUT2D eigenvalue weighted by Gasteiger charge is -2.13. The third kappa shape index (κ3) is 3.29. The van der Waals surface area contributed by atoms with Crippen molar-refractivity contribution in [2.24, 2.45) is 0 Å². The lowest BCUT2D eigenvalue weighted by molar-refractivity contribution is -0.117. The average Bonchev–Trinajstić information content (AvgIpc) is 2.58. The summed E-state index contributed by atoms with van der Waals surface area (Å²) >= 11 is 0. The highest BCUT2D eigenvalue weighted by Crippen LogP contribution is 2.18. The van der Waals surface area contributed by atoms with E-state index in [1.165, 1.54) is 6.33 Å². The monoisotopic (exact) mass is 307 g/mol. The lowest BCUT2D eigenvalue weighted by Crippen LogP contribution is -2.33. The first-order valence-corrected chi connectivity index (χ1v) is 7.46. The summed E-state index contributed by atoms with van der Waals surface area (Å²) in [6.07, 6.45) is 1.64. The minimum atomic E-state index is -0.281. The van der Waals surface area contributed by atoms with Crippen LogP contribution >= 0.6 is 0 Å². The number of carbonyl (C=O) groups is 1. The van der Waals surface area contributed by atoms with Gasteiger partial charge in [-0.3, -0.25) is 15.0 Å². The molecule has 0 saturated heterocycles. The van der Waals surface area contributed by atoms with Gasteiger partial charge in [-0.25, -0.2) is 9.66 Å². The molecular formula is C18H17N3O2. The Morgan fingerprint density at radius 2 is 1.83 bits per heavy atom. The van der Waals surface area contributed by atoms with Crippen LogP contribution < -0.4 is 11.0 Å². The van der Waals surface area contributed by atoms with Gasteiger partial charge in [0, 0.05) is 6.42 Å². The van der Waals surface area contributed by atoms with Gasteiger partial charge >= 0.3 is 0 Å². The van der Waals surface area contributed by atoms with Crippen LogP contribution in [0.15, 0.2) is 65.7 Å². The Hall–Kier alpha value is -2.95. The first kappa shape index (κ1) is 15.0. The molecule has 0 fully saturated rings. The van der Waals surface area contributed by atoms with Crippen molar-refractivity contribution >= 4 is 16.8 Å². The molecule has 1 N–H and O–H groups in total. The molecule has 5 heteroatoms. The normalized spacial score (nSPS) is 12.0. The fourth-order valence-corrected chi connectivity index (χ4v) is 2.51. The van der Waals surface area contributed by atoms with E-state index in [4.69, 9.17) is 0 Å². The molecule has 23 heavy (non-hydrogen) atoms. The van der Waals surface area contributed by atoms with Gasteiger partial charge in [-0.05, 0) is 23.6 Å². The zero-order valence-electron chi connectivity index (χ0n) is 12.8. The average molecular weight is 307 g/mol. The van der Waals surface area contributed by atoms with Crippen molar-refractivity contribution in [2.45, 2.75) is 19.3 Å². The maximum atomic E-state index is 12.3. The summed E-state index contributed by atoms with van der Waals surface area (Å²) in [5.41, 5.74) is 4.03. The highest BCUT2D eigenvalue weighted by atomic mass is 16.2. The fourth-order valence-electron chi connectivity index (χ4n) is 2.51. The number of nitrogens with one attached hydrogen (secondary N) is 1. The number of carbonyl (C=O) groups excluding carboxylic acids is 1. The predicted octanol–water partition coefficient (Wildman–Crippen LogP) is 2.66. The van der Waals surface area contributed by atoms with Crippen LogP contribution in [0.3, 0.4) is 0 Å². The van der Waals surface area contributed by atoms with Gasteiger partial charge < -0.3 is 0 Å². The van der Waals surface area contributed by atoms with Crippen molar-refractivity contribution < 1.29 is 4.79 Å². The zero-order chi connectivity index (χ0) is 16.2. The molecule has 0 saturated carbocycles. The Morgan fingerprint density at radius 1 is 1.13 bits per heavy atom. The lowest BCUT2D eigenvalue weighted by atomic mass is 9.98. The maximum Gasteiger partial charge on any atom is 0.280 e. The molecule has 0 aliphatic heterocycles. The summed E-state index contributed by atoms with van der Waals surface area (Å²) in [6.45, 7) is 1.98. The van der Waals surface area contributed by atoms with Crippen LogP contribution in [0.4, 0.5) is 0 Å². The smallest absolute Gasteiger partial charge is 0.273 e. The van der Waals surface area contributed by atoms with E-state index in [1.807, 2.05) is 43.3 Å². The highest BCUT2D eigenvalue weighted by molar-refractivity contribution is 5.85. The Morgan fingerprint density at radius 3 is 2.61 bits per heavy atom. The van der Waals surface area contributed by atoms with Crippen LogP contribution in [0.25, 0.3) is 10.9 Å². The molecule has 0 aliphatic carbocycles. The van der Waals surface area contributed by atoms with E-state index in [-0.39, 0.29) is 17.4 Å². The van der Waals surface area contributed by atoms with Gasteiger partial charge in [0.2, 0.25) is 5.91 Å². The number of aromatic nitrogens is 2. The molecule has 116 valence electrons. The molecule has 1 amide bonds. The topological polar surface area (TPSA) is 64.0 Å². The highest BCUT2D eigenvalue weighted by Gasteiger charge is 2.12. The van der Waals surface area contributed by atoms with Gasteiger partial charge in [-0.2, -0.15) is 0 Å². The number of amides is 1. The van der Waals surface area contributed by atoms with Gasteiger partial charge in [0.15, 0.2) is 0 Å². The third-order valence-corrected chi connectivity index (χ3v) is 3.77. The van der Waals surface area contributed by atoms with Crippen molar-refractivity contribution in [2.75, 3.05) is 5.43 Å². The SMILES string of the molecule is CC(CC(=O)Nn1cnc2ccccc2c1=O)c1ccccc1. The van der Waals surface area contributed by atoms with Crippen LogP contribution in [-0.2, 0) is 4.79 Å². The molecule has 0 radical (unpaired) electrons. The van der Waals surface area contributed by atoms with E-state index in [2.05, 4.69) is 10.4 Å². The summed E-state index contributed by atoms with van der Waals surface area (Å²) in [6, 6.07) is 16.9.